The lowest BCUT2D eigenvalue weighted by atomic mass is 9.96. The first kappa shape index (κ1) is 13.6. The first-order valence-corrected chi connectivity index (χ1v) is 6.21. The highest BCUT2D eigenvalue weighted by molar-refractivity contribution is 5.75. The quantitative estimate of drug-likeness (QED) is 0.914. The highest BCUT2D eigenvalue weighted by atomic mass is 19.1. The van der Waals surface area contributed by atoms with E-state index < -0.39 is 0 Å². The van der Waals surface area contributed by atoms with Crippen molar-refractivity contribution >= 4 is 0 Å². The molecule has 0 bridgehead atoms. The summed E-state index contributed by atoms with van der Waals surface area (Å²) in [5, 5.41) is 0. The Balaban J connectivity index is 2.64. The number of rotatable bonds is 3. The van der Waals surface area contributed by atoms with Crippen LogP contribution in [0.1, 0.15) is 16.7 Å². The maximum Gasteiger partial charge on any atom is 0.131 e. The Labute approximate surface area is 113 Å². The summed E-state index contributed by atoms with van der Waals surface area (Å²) in [6, 6.07) is 9.02. The van der Waals surface area contributed by atoms with Gasteiger partial charge in [0.15, 0.2) is 0 Å². The molecule has 2 nitrogen and oxygen atoms in total. The largest absolute Gasteiger partial charge is 0.496 e. The molecule has 0 aromatic heterocycles. The molecule has 0 radical (unpaired) electrons. The second kappa shape index (κ2) is 5.41. The van der Waals surface area contributed by atoms with Crippen molar-refractivity contribution in [1.29, 1.82) is 0 Å². The van der Waals surface area contributed by atoms with Crippen molar-refractivity contribution < 1.29 is 9.13 Å². The van der Waals surface area contributed by atoms with E-state index in [4.69, 9.17) is 10.5 Å². The normalized spacial score (nSPS) is 10.6. The molecule has 0 unspecified atom stereocenters. The SMILES string of the molecule is COc1cc(C)cc(C)c1-c1ccc(CN)cc1F. The fourth-order valence-electron chi connectivity index (χ4n) is 2.32. The number of hydrogen-bond donors (Lipinski definition) is 1. The third-order valence-corrected chi connectivity index (χ3v) is 3.20. The van der Waals surface area contributed by atoms with Gasteiger partial charge in [-0.15, -0.1) is 0 Å². The molecule has 100 valence electrons. The Morgan fingerprint density at radius 3 is 2.47 bits per heavy atom. The van der Waals surface area contributed by atoms with Crippen LogP contribution in [-0.4, -0.2) is 7.11 Å². The van der Waals surface area contributed by atoms with Crippen LogP contribution in [0.3, 0.4) is 0 Å². The Hall–Kier alpha value is -1.87. The number of benzene rings is 2. The summed E-state index contributed by atoms with van der Waals surface area (Å²) in [6.45, 7) is 4.29. The summed E-state index contributed by atoms with van der Waals surface area (Å²) in [5.41, 5.74) is 9.74. The third-order valence-electron chi connectivity index (χ3n) is 3.20. The van der Waals surface area contributed by atoms with Gasteiger partial charge in [0.2, 0.25) is 0 Å². The van der Waals surface area contributed by atoms with Gasteiger partial charge < -0.3 is 10.5 Å². The molecule has 19 heavy (non-hydrogen) atoms. The van der Waals surface area contributed by atoms with E-state index in [9.17, 15) is 4.39 Å². The third kappa shape index (κ3) is 2.61. The lowest BCUT2D eigenvalue weighted by molar-refractivity contribution is 0.415. The van der Waals surface area contributed by atoms with Crippen molar-refractivity contribution in [3.63, 3.8) is 0 Å². The van der Waals surface area contributed by atoms with E-state index in [1.54, 1.807) is 13.2 Å². The molecule has 2 aromatic carbocycles. The van der Waals surface area contributed by atoms with Gasteiger partial charge in [-0.3, -0.25) is 0 Å². The van der Waals surface area contributed by atoms with E-state index in [1.165, 1.54) is 6.07 Å². The maximum absolute atomic E-state index is 14.2. The molecule has 0 heterocycles. The van der Waals surface area contributed by atoms with E-state index in [-0.39, 0.29) is 5.82 Å². The van der Waals surface area contributed by atoms with Crippen molar-refractivity contribution in [3.8, 4) is 16.9 Å². The molecular weight excluding hydrogens is 241 g/mol. The highest BCUT2D eigenvalue weighted by Crippen LogP contribution is 2.36. The van der Waals surface area contributed by atoms with E-state index in [2.05, 4.69) is 0 Å². The molecule has 0 amide bonds. The minimum Gasteiger partial charge on any atom is -0.496 e. The summed E-state index contributed by atoms with van der Waals surface area (Å²) < 4.78 is 19.6. The van der Waals surface area contributed by atoms with Gasteiger partial charge in [0, 0.05) is 17.7 Å². The Morgan fingerprint density at radius 1 is 1.16 bits per heavy atom. The minimum absolute atomic E-state index is 0.270. The average Bonchev–Trinajstić information content (AvgIpc) is 2.38. The van der Waals surface area contributed by atoms with Crippen LogP contribution in [0.15, 0.2) is 30.3 Å². The zero-order valence-electron chi connectivity index (χ0n) is 11.5. The molecule has 2 N–H and O–H groups in total. The van der Waals surface area contributed by atoms with Crippen molar-refractivity contribution in [3.05, 3.63) is 52.8 Å². The molecule has 0 fully saturated rings. The van der Waals surface area contributed by atoms with Crippen LogP contribution in [0.4, 0.5) is 4.39 Å². The molecular formula is C16H18FNO. The van der Waals surface area contributed by atoms with E-state index in [0.717, 1.165) is 22.3 Å². The summed E-state index contributed by atoms with van der Waals surface area (Å²) in [5.74, 6) is 0.421. The van der Waals surface area contributed by atoms with Crippen LogP contribution in [0.2, 0.25) is 0 Å². The molecule has 0 aliphatic rings. The van der Waals surface area contributed by atoms with E-state index in [1.807, 2.05) is 32.0 Å². The van der Waals surface area contributed by atoms with Gasteiger partial charge in [-0.05, 0) is 42.7 Å². The molecule has 0 aliphatic heterocycles. The Morgan fingerprint density at radius 2 is 1.89 bits per heavy atom. The summed E-state index contributed by atoms with van der Waals surface area (Å²) >= 11 is 0. The first-order valence-electron chi connectivity index (χ1n) is 6.21. The number of hydrogen-bond acceptors (Lipinski definition) is 2. The van der Waals surface area contributed by atoms with Crippen molar-refractivity contribution in [1.82, 2.24) is 0 Å². The van der Waals surface area contributed by atoms with Gasteiger partial charge in [-0.2, -0.15) is 0 Å². The number of ether oxygens (including phenoxy) is 1. The van der Waals surface area contributed by atoms with Gasteiger partial charge in [-0.25, -0.2) is 4.39 Å². The number of halogens is 1. The average molecular weight is 259 g/mol. The molecule has 2 rings (SSSR count). The van der Waals surface area contributed by atoms with Gasteiger partial charge >= 0.3 is 0 Å². The summed E-state index contributed by atoms with van der Waals surface area (Å²) in [4.78, 5) is 0. The molecule has 0 spiro atoms. The fourth-order valence-corrected chi connectivity index (χ4v) is 2.32. The lowest BCUT2D eigenvalue weighted by Gasteiger charge is -2.14. The van der Waals surface area contributed by atoms with Gasteiger partial charge in [0.1, 0.15) is 11.6 Å². The predicted octanol–water partition coefficient (Wildman–Crippen LogP) is 3.58. The van der Waals surface area contributed by atoms with Crippen LogP contribution in [0.25, 0.3) is 11.1 Å². The van der Waals surface area contributed by atoms with Crippen molar-refractivity contribution in [2.75, 3.05) is 7.11 Å². The zero-order chi connectivity index (χ0) is 14.0. The van der Waals surface area contributed by atoms with Gasteiger partial charge in [-0.1, -0.05) is 18.2 Å². The van der Waals surface area contributed by atoms with Crippen molar-refractivity contribution in [2.45, 2.75) is 20.4 Å². The molecule has 0 aliphatic carbocycles. The second-order valence-electron chi connectivity index (χ2n) is 4.68. The Bertz CT molecular complexity index is 608. The van der Waals surface area contributed by atoms with Gasteiger partial charge in [0.05, 0.1) is 7.11 Å². The molecule has 2 aromatic rings. The monoisotopic (exact) mass is 259 g/mol. The minimum atomic E-state index is -0.270. The smallest absolute Gasteiger partial charge is 0.131 e. The molecule has 0 atom stereocenters. The number of aryl methyl sites for hydroxylation is 2. The highest BCUT2D eigenvalue weighted by Gasteiger charge is 2.14. The Kier molecular flexibility index (Phi) is 3.86. The van der Waals surface area contributed by atoms with Crippen molar-refractivity contribution in [2.24, 2.45) is 5.73 Å². The van der Waals surface area contributed by atoms with Gasteiger partial charge in [0.25, 0.3) is 0 Å². The predicted molar refractivity (Wildman–Crippen MR) is 75.8 cm³/mol. The lowest BCUT2D eigenvalue weighted by Crippen LogP contribution is -1.99. The molecule has 0 saturated heterocycles. The fraction of sp³-hybridized carbons (Fsp3) is 0.250. The zero-order valence-corrected chi connectivity index (χ0v) is 11.5. The van der Waals surface area contributed by atoms with E-state index in [0.29, 0.717) is 17.9 Å². The molecule has 3 heteroatoms. The summed E-state index contributed by atoms with van der Waals surface area (Å²) in [6.07, 6.45) is 0. The standard InChI is InChI=1S/C16H18FNO/c1-10-6-11(2)16(15(7-10)19-3)13-5-4-12(9-18)8-14(13)17/h4-8H,9,18H2,1-3H3. The second-order valence-corrected chi connectivity index (χ2v) is 4.68. The van der Waals surface area contributed by atoms with Crippen LogP contribution in [-0.2, 0) is 6.54 Å². The maximum atomic E-state index is 14.2. The van der Waals surface area contributed by atoms with E-state index >= 15 is 0 Å². The van der Waals surface area contributed by atoms with Crippen LogP contribution < -0.4 is 10.5 Å². The van der Waals surface area contributed by atoms with Crippen LogP contribution in [0, 0.1) is 19.7 Å². The number of methoxy groups -OCH3 is 1. The topological polar surface area (TPSA) is 35.2 Å². The number of nitrogens with two attached hydrogens (primary N) is 1. The van der Waals surface area contributed by atoms with Crippen LogP contribution >= 0.6 is 0 Å². The summed E-state index contributed by atoms with van der Waals surface area (Å²) in [7, 11) is 1.60. The van der Waals surface area contributed by atoms with Crippen LogP contribution in [0.5, 0.6) is 5.75 Å². The molecule has 0 saturated carbocycles. The first-order chi connectivity index (χ1) is 9.06.